The molecular weight excluding hydrogens is 144 g/mol. The molecule has 0 heterocycles. The van der Waals surface area contributed by atoms with Crippen LogP contribution in [0.2, 0.25) is 0 Å². The van der Waals surface area contributed by atoms with Crippen LogP contribution in [0.3, 0.4) is 0 Å². The van der Waals surface area contributed by atoms with Crippen molar-refractivity contribution in [2.24, 2.45) is 0 Å². The van der Waals surface area contributed by atoms with E-state index >= 15 is 0 Å². The van der Waals surface area contributed by atoms with E-state index < -0.39 is 0 Å². The monoisotopic (exact) mass is 166 g/mol. The van der Waals surface area contributed by atoms with E-state index in [-0.39, 0.29) is 0 Å². The standard InChI is InChI=1S/C12H22/c1-3-11(2)12-9-7-5-4-6-8-10-12/h3-10H2,1-2H3. The van der Waals surface area contributed by atoms with Crippen LogP contribution in [0.25, 0.3) is 0 Å². The van der Waals surface area contributed by atoms with Crippen molar-refractivity contribution >= 4 is 0 Å². The second-order valence-electron chi connectivity index (χ2n) is 4.01. The highest BCUT2D eigenvalue weighted by Gasteiger charge is 2.05. The highest BCUT2D eigenvalue weighted by atomic mass is 14.1. The molecule has 0 amide bonds. The van der Waals surface area contributed by atoms with Crippen LogP contribution in [-0.2, 0) is 0 Å². The molecule has 0 aromatic rings. The largest absolute Gasteiger partial charge is 0.0744 e. The van der Waals surface area contributed by atoms with Crippen LogP contribution in [-0.4, -0.2) is 0 Å². The molecule has 0 bridgehead atoms. The van der Waals surface area contributed by atoms with E-state index in [4.69, 9.17) is 0 Å². The van der Waals surface area contributed by atoms with Crippen molar-refractivity contribution in [1.29, 1.82) is 0 Å². The van der Waals surface area contributed by atoms with E-state index in [2.05, 4.69) is 13.8 Å². The van der Waals surface area contributed by atoms with Crippen LogP contribution >= 0.6 is 0 Å². The van der Waals surface area contributed by atoms with Crippen LogP contribution < -0.4 is 0 Å². The molecule has 0 atom stereocenters. The van der Waals surface area contributed by atoms with Crippen molar-refractivity contribution in [3.63, 3.8) is 0 Å². The van der Waals surface area contributed by atoms with Gasteiger partial charge in [0.2, 0.25) is 0 Å². The van der Waals surface area contributed by atoms with Crippen LogP contribution in [0.15, 0.2) is 11.1 Å². The molecule has 70 valence electrons. The maximum Gasteiger partial charge on any atom is -0.0318 e. The Hall–Kier alpha value is -0.260. The van der Waals surface area contributed by atoms with Crippen LogP contribution in [0, 0.1) is 0 Å². The minimum absolute atomic E-state index is 1.26. The summed E-state index contributed by atoms with van der Waals surface area (Å²) in [6.45, 7) is 4.60. The van der Waals surface area contributed by atoms with Gasteiger partial charge in [-0.3, -0.25) is 0 Å². The van der Waals surface area contributed by atoms with Gasteiger partial charge in [-0.25, -0.2) is 0 Å². The third-order valence-electron chi connectivity index (χ3n) is 3.09. The minimum atomic E-state index is 1.26. The van der Waals surface area contributed by atoms with Gasteiger partial charge in [0.25, 0.3) is 0 Å². The summed E-state index contributed by atoms with van der Waals surface area (Å²) in [5, 5.41) is 0. The molecule has 1 fully saturated rings. The first-order valence-electron chi connectivity index (χ1n) is 5.52. The van der Waals surface area contributed by atoms with Gasteiger partial charge in [-0.2, -0.15) is 0 Å². The SMILES string of the molecule is CCC(C)=C1CCCCCCC1. The summed E-state index contributed by atoms with van der Waals surface area (Å²) in [4.78, 5) is 0. The molecule has 0 aromatic heterocycles. The third-order valence-corrected chi connectivity index (χ3v) is 3.09. The lowest BCUT2D eigenvalue weighted by Gasteiger charge is -2.14. The molecule has 1 aliphatic rings. The van der Waals surface area contributed by atoms with Gasteiger partial charge in [-0.05, 0) is 39.0 Å². The average molecular weight is 166 g/mol. The molecule has 0 aromatic carbocycles. The molecule has 0 radical (unpaired) electrons. The van der Waals surface area contributed by atoms with Crippen molar-refractivity contribution in [3.05, 3.63) is 11.1 Å². The number of rotatable bonds is 1. The number of hydrogen-bond donors (Lipinski definition) is 0. The second kappa shape index (κ2) is 5.40. The summed E-state index contributed by atoms with van der Waals surface area (Å²) < 4.78 is 0. The maximum atomic E-state index is 2.32. The Labute approximate surface area is 77.1 Å². The summed E-state index contributed by atoms with van der Waals surface area (Å²) in [5.74, 6) is 0. The molecule has 1 saturated carbocycles. The average Bonchev–Trinajstić information content (AvgIpc) is 2.02. The zero-order chi connectivity index (χ0) is 8.81. The van der Waals surface area contributed by atoms with E-state index in [1.165, 1.54) is 51.4 Å². The molecule has 1 aliphatic carbocycles. The van der Waals surface area contributed by atoms with E-state index in [0.717, 1.165) is 0 Å². The quantitative estimate of drug-likeness (QED) is 0.505. The highest BCUT2D eigenvalue weighted by molar-refractivity contribution is 5.11. The predicted octanol–water partition coefficient (Wildman–Crippen LogP) is 4.46. The van der Waals surface area contributed by atoms with Gasteiger partial charge >= 0.3 is 0 Å². The fourth-order valence-electron chi connectivity index (χ4n) is 2.01. The summed E-state index contributed by atoms with van der Waals surface area (Å²) in [6.07, 6.45) is 11.3. The summed E-state index contributed by atoms with van der Waals surface area (Å²) in [6, 6.07) is 0. The Morgan fingerprint density at radius 3 is 2.00 bits per heavy atom. The lowest BCUT2D eigenvalue weighted by Crippen LogP contribution is -1.94. The molecule has 0 saturated heterocycles. The van der Waals surface area contributed by atoms with Crippen molar-refractivity contribution in [2.75, 3.05) is 0 Å². The second-order valence-corrected chi connectivity index (χ2v) is 4.01. The molecule has 0 aliphatic heterocycles. The molecule has 0 spiro atoms. The fraction of sp³-hybridized carbons (Fsp3) is 0.833. The van der Waals surface area contributed by atoms with E-state index in [0.29, 0.717) is 0 Å². The van der Waals surface area contributed by atoms with Gasteiger partial charge in [0.1, 0.15) is 0 Å². The fourth-order valence-corrected chi connectivity index (χ4v) is 2.01. The van der Waals surface area contributed by atoms with Gasteiger partial charge in [-0.15, -0.1) is 0 Å². The van der Waals surface area contributed by atoms with Crippen molar-refractivity contribution in [1.82, 2.24) is 0 Å². The van der Waals surface area contributed by atoms with E-state index in [9.17, 15) is 0 Å². The Kier molecular flexibility index (Phi) is 4.42. The molecule has 0 N–H and O–H groups in total. The topological polar surface area (TPSA) is 0 Å². The van der Waals surface area contributed by atoms with E-state index in [1.54, 1.807) is 11.1 Å². The van der Waals surface area contributed by atoms with Crippen molar-refractivity contribution in [3.8, 4) is 0 Å². The predicted molar refractivity (Wildman–Crippen MR) is 55.3 cm³/mol. The summed E-state index contributed by atoms with van der Waals surface area (Å²) in [5.41, 5.74) is 3.44. The van der Waals surface area contributed by atoms with Crippen molar-refractivity contribution in [2.45, 2.75) is 65.2 Å². The van der Waals surface area contributed by atoms with Crippen LogP contribution in [0.1, 0.15) is 65.2 Å². The van der Waals surface area contributed by atoms with Gasteiger partial charge in [-0.1, -0.05) is 37.3 Å². The molecule has 0 heteroatoms. The van der Waals surface area contributed by atoms with Gasteiger partial charge in [0.05, 0.1) is 0 Å². The number of allylic oxidation sites excluding steroid dienone is 2. The van der Waals surface area contributed by atoms with Crippen molar-refractivity contribution < 1.29 is 0 Å². The zero-order valence-corrected chi connectivity index (χ0v) is 8.66. The first kappa shape index (κ1) is 9.83. The third kappa shape index (κ3) is 3.00. The van der Waals surface area contributed by atoms with E-state index in [1.807, 2.05) is 0 Å². The first-order valence-corrected chi connectivity index (χ1v) is 5.52. The minimum Gasteiger partial charge on any atom is -0.0744 e. The molecule has 0 unspecified atom stereocenters. The lowest BCUT2D eigenvalue weighted by molar-refractivity contribution is 0.564. The van der Waals surface area contributed by atoms with Gasteiger partial charge < -0.3 is 0 Å². The van der Waals surface area contributed by atoms with Crippen LogP contribution in [0.4, 0.5) is 0 Å². The lowest BCUT2D eigenvalue weighted by atomic mass is 9.92. The molecular formula is C12H22. The van der Waals surface area contributed by atoms with Crippen LogP contribution in [0.5, 0.6) is 0 Å². The molecule has 0 nitrogen and oxygen atoms in total. The maximum absolute atomic E-state index is 2.32. The highest BCUT2D eigenvalue weighted by Crippen LogP contribution is 2.25. The van der Waals surface area contributed by atoms with Gasteiger partial charge in [0, 0.05) is 0 Å². The molecule has 12 heavy (non-hydrogen) atoms. The van der Waals surface area contributed by atoms with Gasteiger partial charge in [0.15, 0.2) is 0 Å². The Bertz CT molecular complexity index is 143. The Morgan fingerprint density at radius 2 is 1.50 bits per heavy atom. The smallest absolute Gasteiger partial charge is 0.0318 e. The summed E-state index contributed by atoms with van der Waals surface area (Å²) in [7, 11) is 0. The zero-order valence-electron chi connectivity index (χ0n) is 8.66. The first-order chi connectivity index (χ1) is 5.84. The Morgan fingerprint density at radius 1 is 1.00 bits per heavy atom. The normalized spacial score (nSPS) is 20.0. The summed E-state index contributed by atoms with van der Waals surface area (Å²) >= 11 is 0. The number of hydrogen-bond acceptors (Lipinski definition) is 0. The molecule has 1 rings (SSSR count). The Balaban J connectivity index is 2.49.